The summed E-state index contributed by atoms with van der Waals surface area (Å²) >= 11 is 0. The average molecular weight is 377 g/mol. The lowest BCUT2D eigenvalue weighted by atomic mass is 9.84. The smallest absolute Gasteiger partial charge is 0.406 e. The van der Waals surface area contributed by atoms with Crippen LogP contribution in [-0.2, 0) is 9.59 Å². The molecular formula is C19H14F3NO4. The van der Waals surface area contributed by atoms with Gasteiger partial charge >= 0.3 is 6.36 Å². The molecule has 1 N–H and O–H groups in total. The number of ketones is 2. The third-order valence-corrected chi connectivity index (χ3v) is 4.12. The van der Waals surface area contributed by atoms with Crippen LogP contribution < -0.4 is 10.1 Å². The minimum atomic E-state index is -4.91. The summed E-state index contributed by atoms with van der Waals surface area (Å²) in [5.74, 6) is -4.41. The number of piperidine rings is 1. The number of ether oxygens (including phenoxy) is 1. The van der Waals surface area contributed by atoms with Gasteiger partial charge in [0.2, 0.25) is 5.91 Å². The van der Waals surface area contributed by atoms with E-state index in [-0.39, 0.29) is 12.0 Å². The number of carbonyl (C=O) groups is 3. The zero-order valence-electron chi connectivity index (χ0n) is 13.8. The number of alkyl halides is 3. The number of Topliss-reactive ketones (excluding diaryl/α,β-unsaturated/α-hetero) is 2. The van der Waals surface area contributed by atoms with E-state index in [0.717, 1.165) is 17.7 Å². The monoisotopic (exact) mass is 377 g/mol. The van der Waals surface area contributed by atoms with E-state index in [1.807, 2.05) is 0 Å². The summed E-state index contributed by atoms with van der Waals surface area (Å²) in [6.07, 6.45) is -4.99. The average Bonchev–Trinajstić information content (AvgIpc) is 2.60. The van der Waals surface area contributed by atoms with E-state index in [1.165, 1.54) is 12.1 Å². The molecule has 0 radical (unpaired) electrons. The van der Waals surface area contributed by atoms with Gasteiger partial charge in [0.15, 0.2) is 17.5 Å². The maximum absolute atomic E-state index is 12.6. The van der Waals surface area contributed by atoms with Crippen molar-refractivity contribution in [3.63, 3.8) is 0 Å². The molecule has 0 bridgehead atoms. The Kier molecular flexibility index (Phi) is 4.98. The minimum absolute atomic E-state index is 0.0785. The van der Waals surface area contributed by atoms with Crippen LogP contribution in [0.3, 0.4) is 0 Å². The highest BCUT2D eigenvalue weighted by Crippen LogP contribution is 2.28. The van der Waals surface area contributed by atoms with Crippen LogP contribution in [0.15, 0.2) is 54.6 Å². The van der Waals surface area contributed by atoms with Crippen molar-refractivity contribution in [2.24, 2.45) is 5.92 Å². The van der Waals surface area contributed by atoms with Crippen molar-refractivity contribution in [1.29, 1.82) is 0 Å². The Hall–Kier alpha value is -3.16. The molecule has 0 spiro atoms. The van der Waals surface area contributed by atoms with Gasteiger partial charge in [0.1, 0.15) is 5.75 Å². The summed E-state index contributed by atoms with van der Waals surface area (Å²) in [4.78, 5) is 37.3. The lowest BCUT2D eigenvalue weighted by Gasteiger charge is -2.27. The van der Waals surface area contributed by atoms with Gasteiger partial charge in [-0.2, -0.15) is 0 Å². The van der Waals surface area contributed by atoms with Crippen molar-refractivity contribution < 1.29 is 32.3 Å². The van der Waals surface area contributed by atoms with Crippen molar-refractivity contribution >= 4 is 17.5 Å². The zero-order valence-corrected chi connectivity index (χ0v) is 13.8. The van der Waals surface area contributed by atoms with Gasteiger partial charge in [0.05, 0.1) is 6.04 Å². The summed E-state index contributed by atoms with van der Waals surface area (Å²) in [7, 11) is 0. The Morgan fingerprint density at radius 1 is 1.04 bits per heavy atom. The first-order chi connectivity index (χ1) is 12.7. The maximum Gasteiger partial charge on any atom is 0.573 e. The molecule has 8 heteroatoms. The Labute approximate surface area is 152 Å². The lowest BCUT2D eigenvalue weighted by molar-refractivity contribution is -0.274. The number of amides is 1. The van der Waals surface area contributed by atoms with Crippen LogP contribution in [0.25, 0.3) is 0 Å². The number of halogens is 3. The molecule has 27 heavy (non-hydrogen) atoms. The fourth-order valence-corrected chi connectivity index (χ4v) is 2.94. The van der Waals surface area contributed by atoms with E-state index >= 15 is 0 Å². The van der Waals surface area contributed by atoms with Gasteiger partial charge in [-0.1, -0.05) is 42.5 Å². The summed E-state index contributed by atoms with van der Waals surface area (Å²) < 4.78 is 40.8. The molecule has 2 unspecified atom stereocenters. The summed E-state index contributed by atoms with van der Waals surface area (Å²) in [6, 6.07) is 12.6. The maximum atomic E-state index is 12.6. The first kappa shape index (κ1) is 18.6. The highest BCUT2D eigenvalue weighted by Gasteiger charge is 2.41. The first-order valence-electron chi connectivity index (χ1n) is 8.02. The molecule has 1 heterocycles. The summed E-state index contributed by atoms with van der Waals surface area (Å²) in [5, 5.41) is 2.62. The molecule has 1 amide bonds. The molecule has 2 aromatic carbocycles. The first-order valence-corrected chi connectivity index (χ1v) is 8.02. The Morgan fingerprint density at radius 3 is 2.37 bits per heavy atom. The van der Waals surface area contributed by atoms with E-state index in [0.29, 0.717) is 0 Å². The molecule has 1 aliphatic rings. The van der Waals surface area contributed by atoms with Crippen LogP contribution >= 0.6 is 0 Å². The molecule has 1 fully saturated rings. The third-order valence-electron chi connectivity index (χ3n) is 4.12. The fourth-order valence-electron chi connectivity index (χ4n) is 2.94. The van der Waals surface area contributed by atoms with Crippen molar-refractivity contribution in [1.82, 2.24) is 5.32 Å². The van der Waals surface area contributed by atoms with Crippen molar-refractivity contribution in [3.05, 3.63) is 65.7 Å². The molecule has 1 saturated heterocycles. The van der Waals surface area contributed by atoms with Gasteiger partial charge in [-0.15, -0.1) is 13.2 Å². The number of hydrogen-bond donors (Lipinski definition) is 1. The van der Waals surface area contributed by atoms with Gasteiger partial charge in [-0.05, 0) is 17.7 Å². The van der Waals surface area contributed by atoms with E-state index in [2.05, 4.69) is 10.1 Å². The summed E-state index contributed by atoms with van der Waals surface area (Å²) in [5.41, 5.74) is 0.522. The Balaban J connectivity index is 1.79. The van der Waals surface area contributed by atoms with E-state index in [1.54, 1.807) is 30.3 Å². The fraction of sp³-hybridized carbons (Fsp3) is 0.211. The lowest BCUT2D eigenvalue weighted by Crippen LogP contribution is -2.47. The zero-order chi connectivity index (χ0) is 19.6. The van der Waals surface area contributed by atoms with Crippen molar-refractivity contribution in [3.8, 4) is 5.75 Å². The highest BCUT2D eigenvalue weighted by molar-refractivity contribution is 6.24. The number of nitrogens with one attached hydrogen (secondary N) is 1. The second-order valence-electron chi connectivity index (χ2n) is 6.02. The summed E-state index contributed by atoms with van der Waals surface area (Å²) in [6.45, 7) is 0. The van der Waals surface area contributed by atoms with Crippen LogP contribution in [0.5, 0.6) is 5.75 Å². The van der Waals surface area contributed by atoms with Gasteiger partial charge in [-0.3, -0.25) is 14.4 Å². The highest BCUT2D eigenvalue weighted by atomic mass is 19.4. The van der Waals surface area contributed by atoms with Gasteiger partial charge in [0.25, 0.3) is 0 Å². The van der Waals surface area contributed by atoms with Gasteiger partial charge < -0.3 is 10.1 Å². The normalized spacial score (nSPS) is 20.1. The van der Waals surface area contributed by atoms with Crippen molar-refractivity contribution in [2.75, 3.05) is 0 Å². The second kappa shape index (κ2) is 7.22. The van der Waals surface area contributed by atoms with Crippen LogP contribution in [0.1, 0.15) is 28.4 Å². The number of hydrogen-bond acceptors (Lipinski definition) is 4. The topological polar surface area (TPSA) is 72.5 Å². The molecule has 0 saturated carbocycles. The Bertz CT molecular complexity index is 862. The molecule has 3 rings (SSSR count). The quantitative estimate of drug-likeness (QED) is 0.656. The predicted molar refractivity (Wildman–Crippen MR) is 87.9 cm³/mol. The van der Waals surface area contributed by atoms with Crippen LogP contribution in [0.2, 0.25) is 0 Å². The standard InChI is InChI=1S/C19H14F3NO4/c20-19(21,22)27-13-8-4-7-12(9-13)17(25)16-15(24)10-14(23-18(16)26)11-5-2-1-3-6-11/h1-9,14,16H,10H2,(H,23,26). The number of rotatable bonds is 4. The minimum Gasteiger partial charge on any atom is -0.406 e. The SMILES string of the molecule is O=C1CC(c2ccccc2)NC(=O)C1C(=O)c1cccc(OC(F)(F)F)c1. The van der Waals surface area contributed by atoms with E-state index in [4.69, 9.17) is 0 Å². The molecule has 2 atom stereocenters. The molecule has 0 aliphatic carbocycles. The van der Waals surface area contributed by atoms with Gasteiger partial charge in [-0.25, -0.2) is 0 Å². The van der Waals surface area contributed by atoms with E-state index in [9.17, 15) is 27.6 Å². The number of carbonyl (C=O) groups excluding carboxylic acids is 3. The van der Waals surface area contributed by atoms with Gasteiger partial charge in [0, 0.05) is 12.0 Å². The van der Waals surface area contributed by atoms with E-state index < -0.39 is 41.5 Å². The predicted octanol–water partition coefficient (Wildman–Crippen LogP) is 3.21. The second-order valence-corrected chi connectivity index (χ2v) is 6.02. The molecular weight excluding hydrogens is 363 g/mol. The number of benzene rings is 2. The molecule has 5 nitrogen and oxygen atoms in total. The van der Waals surface area contributed by atoms with Crippen LogP contribution in [0.4, 0.5) is 13.2 Å². The van der Waals surface area contributed by atoms with Crippen LogP contribution in [-0.4, -0.2) is 23.8 Å². The molecule has 2 aromatic rings. The van der Waals surface area contributed by atoms with Crippen molar-refractivity contribution in [2.45, 2.75) is 18.8 Å². The third kappa shape index (κ3) is 4.33. The largest absolute Gasteiger partial charge is 0.573 e. The molecule has 140 valence electrons. The van der Waals surface area contributed by atoms with Crippen LogP contribution in [0, 0.1) is 5.92 Å². The molecule has 1 aliphatic heterocycles. The molecule has 0 aromatic heterocycles. The Morgan fingerprint density at radius 2 is 1.74 bits per heavy atom.